The van der Waals surface area contributed by atoms with Crippen molar-refractivity contribution in [2.24, 2.45) is 0 Å². The number of aromatic nitrogens is 2. The molecule has 0 aliphatic carbocycles. The van der Waals surface area contributed by atoms with Crippen molar-refractivity contribution in [2.45, 2.75) is 108 Å². The fraction of sp³-hybridized carbons (Fsp3) is 0.457. The number of likely N-dealkylation sites (tertiary alicyclic amines) is 2. The maximum Gasteiger partial charge on any atom is 0.410 e. The molecule has 6 aliphatic heterocycles. The van der Waals surface area contributed by atoms with Crippen LogP contribution in [0.1, 0.15) is 125 Å². The lowest BCUT2D eigenvalue weighted by molar-refractivity contribution is -0.157. The van der Waals surface area contributed by atoms with E-state index in [9.17, 15) is 53.1 Å². The number of fused-ring (bicyclic) bond motifs is 2. The van der Waals surface area contributed by atoms with Crippen LogP contribution in [0.25, 0.3) is 0 Å². The van der Waals surface area contributed by atoms with Gasteiger partial charge in [0.1, 0.15) is 23.3 Å². The van der Waals surface area contributed by atoms with E-state index in [4.69, 9.17) is 4.74 Å². The number of nitrogens with zero attached hydrogens (tertiary/aromatic N) is 6. The van der Waals surface area contributed by atoms with E-state index in [1.54, 1.807) is 74.3 Å². The number of nitrogens with one attached hydrogen (secondary N) is 3. The zero-order valence-corrected chi connectivity index (χ0v) is 37.2. The number of piperidine rings is 4. The van der Waals surface area contributed by atoms with Gasteiger partial charge in [0, 0.05) is 75.9 Å². The number of anilines is 1. The molecule has 21 nitrogen and oxygen atoms in total. The van der Waals surface area contributed by atoms with Crippen LogP contribution >= 0.6 is 0 Å². The van der Waals surface area contributed by atoms with Crippen molar-refractivity contribution in [3.05, 3.63) is 82.7 Å². The van der Waals surface area contributed by atoms with Gasteiger partial charge in [-0.1, -0.05) is 18.2 Å². The molecule has 4 fully saturated rings. The van der Waals surface area contributed by atoms with Crippen molar-refractivity contribution in [3.63, 3.8) is 0 Å². The van der Waals surface area contributed by atoms with Crippen LogP contribution in [-0.2, 0) is 35.3 Å². The second-order valence-electron chi connectivity index (χ2n) is 18.4. The Labute approximate surface area is 384 Å². The molecule has 6 aliphatic rings. The molecule has 2 atom stereocenters. The molecule has 352 valence electrons. The number of benzene rings is 2. The fourth-order valence-electron chi connectivity index (χ4n) is 9.17. The summed E-state index contributed by atoms with van der Waals surface area (Å²) in [5.74, 6) is -4.47. The van der Waals surface area contributed by atoms with Crippen LogP contribution < -0.4 is 16.0 Å². The summed E-state index contributed by atoms with van der Waals surface area (Å²) in [6, 6.07) is 9.47. The SMILES string of the molecule is CC(C)(C)OC(=O)N1CCC(O)(C(=O)N2CCC(n3cc(CNc4cccc5c4C(=O)N(C4CCC(=O)NC4=O)C5=O)cn3)CC2)CC1.O=C1CCC(N2C(=O)c3ccccc3C2=O)C(=O)N1. The second-order valence-corrected chi connectivity index (χ2v) is 18.4. The minimum atomic E-state index is -1.52. The van der Waals surface area contributed by atoms with Crippen LogP contribution in [0.3, 0.4) is 0 Å². The Morgan fingerprint density at radius 3 is 1.82 bits per heavy atom. The molecule has 9 rings (SSSR count). The lowest BCUT2D eigenvalue weighted by Crippen LogP contribution is -2.57. The molecule has 3 aromatic rings. The van der Waals surface area contributed by atoms with Crippen molar-refractivity contribution >= 4 is 64.9 Å². The van der Waals surface area contributed by atoms with Gasteiger partial charge in [0.2, 0.25) is 23.6 Å². The Morgan fingerprint density at radius 2 is 1.27 bits per heavy atom. The van der Waals surface area contributed by atoms with E-state index in [-0.39, 0.29) is 80.6 Å². The highest BCUT2D eigenvalue weighted by molar-refractivity contribution is 6.26. The van der Waals surface area contributed by atoms with Crippen molar-refractivity contribution < 1.29 is 57.8 Å². The maximum atomic E-state index is 13.4. The molecule has 2 unspecified atom stereocenters. The first kappa shape index (κ1) is 46.2. The topological polar surface area (TPSA) is 267 Å². The fourth-order valence-corrected chi connectivity index (χ4v) is 9.17. The standard InChI is InChI=1S/C33H41N7O8.C13H10N2O4/c1-32(2,3)48-31(46)38-15-11-33(47,12-16-38)30(45)37-13-9-21(10-14-37)39-19-20(18-35-39)17-34-23-6-4-5-22-26(23)29(44)40(28(22)43)24-7-8-25(41)36-27(24)42;16-10-6-5-9(11(17)14-10)15-12(18)7-3-1-2-4-8(7)13(15)19/h4-6,18-19,21,24,34,47H,7-17H2,1-3H3,(H,36,41,42);1-4,9H,5-6H2,(H,14,16,17). The van der Waals surface area contributed by atoms with Gasteiger partial charge in [-0.2, -0.15) is 5.10 Å². The van der Waals surface area contributed by atoms with E-state index in [1.165, 1.54) is 4.90 Å². The van der Waals surface area contributed by atoms with Crippen LogP contribution in [0, 0.1) is 0 Å². The van der Waals surface area contributed by atoms with Crippen LogP contribution in [0.2, 0.25) is 0 Å². The summed E-state index contributed by atoms with van der Waals surface area (Å²) in [6.07, 6.45) is 5.23. The van der Waals surface area contributed by atoms with Gasteiger partial charge in [-0.05, 0) is 70.7 Å². The molecule has 0 bridgehead atoms. The summed E-state index contributed by atoms with van der Waals surface area (Å²) in [7, 11) is 0. The largest absolute Gasteiger partial charge is 0.444 e. The van der Waals surface area contributed by atoms with Gasteiger partial charge in [-0.15, -0.1) is 0 Å². The third-order valence-corrected chi connectivity index (χ3v) is 12.7. The molecule has 0 saturated carbocycles. The molecule has 67 heavy (non-hydrogen) atoms. The Morgan fingerprint density at radius 1 is 0.731 bits per heavy atom. The second kappa shape index (κ2) is 18.2. The van der Waals surface area contributed by atoms with E-state index >= 15 is 0 Å². The highest BCUT2D eigenvalue weighted by Crippen LogP contribution is 2.34. The summed E-state index contributed by atoms with van der Waals surface area (Å²) in [5.41, 5.74) is 0.155. The number of ether oxygens (including phenoxy) is 1. The van der Waals surface area contributed by atoms with Gasteiger partial charge < -0.3 is 25.0 Å². The van der Waals surface area contributed by atoms with Crippen LogP contribution in [0.4, 0.5) is 10.5 Å². The highest BCUT2D eigenvalue weighted by Gasteiger charge is 2.47. The number of carbonyl (C=O) groups is 10. The van der Waals surface area contributed by atoms with Gasteiger partial charge in [0.15, 0.2) is 0 Å². The molecule has 2 aromatic carbocycles. The zero-order chi connectivity index (χ0) is 47.9. The molecule has 4 N–H and O–H groups in total. The Bertz CT molecular complexity index is 2550. The average Bonchev–Trinajstić information content (AvgIpc) is 3.95. The summed E-state index contributed by atoms with van der Waals surface area (Å²) in [6.45, 7) is 7.12. The molecule has 1 aromatic heterocycles. The number of hydrogen-bond donors (Lipinski definition) is 4. The number of imide groups is 4. The van der Waals surface area contributed by atoms with E-state index in [2.05, 4.69) is 21.0 Å². The zero-order valence-electron chi connectivity index (χ0n) is 37.2. The quantitative estimate of drug-likeness (QED) is 0.247. The van der Waals surface area contributed by atoms with Crippen molar-refractivity contribution in [1.82, 2.24) is 40.0 Å². The first-order chi connectivity index (χ1) is 31.8. The van der Waals surface area contributed by atoms with Gasteiger partial charge >= 0.3 is 6.09 Å². The van der Waals surface area contributed by atoms with E-state index in [0.717, 1.165) is 15.4 Å². The molecular weight excluding hydrogens is 871 g/mol. The predicted octanol–water partition coefficient (Wildman–Crippen LogP) is 1.91. The number of amides is 10. The molecule has 0 radical (unpaired) electrons. The first-order valence-corrected chi connectivity index (χ1v) is 22.3. The minimum absolute atomic E-state index is 0.0483. The molecule has 7 heterocycles. The first-order valence-electron chi connectivity index (χ1n) is 22.3. The third-order valence-electron chi connectivity index (χ3n) is 12.7. The number of rotatable bonds is 7. The molecular formula is C46H51N9O12. The lowest BCUT2D eigenvalue weighted by atomic mass is 9.89. The lowest BCUT2D eigenvalue weighted by Gasteiger charge is -2.41. The van der Waals surface area contributed by atoms with Gasteiger partial charge in [0.25, 0.3) is 29.5 Å². The molecule has 4 saturated heterocycles. The number of carbonyl (C=O) groups excluding carboxylic acids is 10. The van der Waals surface area contributed by atoms with Gasteiger partial charge in [-0.25, -0.2) is 4.79 Å². The Kier molecular flexibility index (Phi) is 12.5. The smallest absolute Gasteiger partial charge is 0.410 e. The van der Waals surface area contributed by atoms with E-state index in [0.29, 0.717) is 49.3 Å². The van der Waals surface area contributed by atoms with Crippen LogP contribution in [0.5, 0.6) is 0 Å². The molecule has 10 amide bonds. The van der Waals surface area contributed by atoms with Crippen LogP contribution in [0.15, 0.2) is 54.9 Å². The number of hydrogen-bond acceptors (Lipinski definition) is 14. The summed E-state index contributed by atoms with van der Waals surface area (Å²) in [4.78, 5) is 129. The number of aliphatic hydroxyl groups is 1. The van der Waals surface area contributed by atoms with Gasteiger partial charge in [0.05, 0.1) is 34.5 Å². The van der Waals surface area contributed by atoms with E-state index < -0.39 is 70.7 Å². The van der Waals surface area contributed by atoms with Crippen molar-refractivity contribution in [1.29, 1.82) is 0 Å². The molecule has 21 heteroatoms. The Hall–Kier alpha value is -7.29. The summed E-state index contributed by atoms with van der Waals surface area (Å²) >= 11 is 0. The summed E-state index contributed by atoms with van der Waals surface area (Å²) in [5, 5.41) is 23.3. The monoisotopic (exact) mass is 921 g/mol. The summed E-state index contributed by atoms with van der Waals surface area (Å²) < 4.78 is 7.28. The van der Waals surface area contributed by atoms with E-state index in [1.807, 2.05) is 10.9 Å². The Balaban J connectivity index is 0.000000265. The third kappa shape index (κ3) is 9.27. The molecule has 0 spiro atoms. The van der Waals surface area contributed by atoms with Crippen LogP contribution in [-0.4, -0.2) is 143 Å². The van der Waals surface area contributed by atoms with Crippen molar-refractivity contribution in [2.75, 3.05) is 31.5 Å². The highest BCUT2D eigenvalue weighted by atomic mass is 16.6. The predicted molar refractivity (Wildman–Crippen MR) is 233 cm³/mol. The van der Waals surface area contributed by atoms with Crippen molar-refractivity contribution in [3.8, 4) is 0 Å². The normalized spacial score (nSPS) is 21.9. The average molecular weight is 922 g/mol. The van der Waals surface area contributed by atoms with Gasteiger partial charge in [-0.3, -0.25) is 68.3 Å². The maximum absolute atomic E-state index is 13.4. The minimum Gasteiger partial charge on any atom is -0.444 e.